The van der Waals surface area contributed by atoms with Gasteiger partial charge in [-0.05, 0) is 13.0 Å². The van der Waals surface area contributed by atoms with E-state index in [0.29, 0.717) is 6.54 Å². The highest BCUT2D eigenvalue weighted by Gasteiger charge is 2.58. The highest BCUT2D eigenvalue weighted by molar-refractivity contribution is 4.99. The molecule has 0 saturated carbocycles. The summed E-state index contributed by atoms with van der Waals surface area (Å²) in [6.45, 7) is 1.39. The molecule has 2 saturated heterocycles. The van der Waals surface area contributed by atoms with Gasteiger partial charge in [0.25, 0.3) is 0 Å². The number of halogens is 2. The Morgan fingerprint density at radius 2 is 2.10 bits per heavy atom. The first-order valence-corrected chi connectivity index (χ1v) is 3.41. The molecule has 58 valence electrons. The second-order valence-corrected chi connectivity index (χ2v) is 3.03. The summed E-state index contributed by atoms with van der Waals surface area (Å²) in [4.78, 5) is 0. The zero-order chi connectivity index (χ0) is 7.24. The fraction of sp³-hybridized carbons (Fsp3) is 1.00. The van der Waals surface area contributed by atoms with Crippen LogP contribution < -0.4 is 5.32 Å². The zero-order valence-electron chi connectivity index (χ0n) is 5.49. The summed E-state index contributed by atoms with van der Waals surface area (Å²) in [5.74, 6) is 0. The van der Waals surface area contributed by atoms with Gasteiger partial charge >= 0.3 is 6.11 Å². The van der Waals surface area contributed by atoms with E-state index in [0.717, 1.165) is 13.0 Å². The van der Waals surface area contributed by atoms with E-state index in [4.69, 9.17) is 0 Å². The highest BCUT2D eigenvalue weighted by atomic mass is 19.3. The SMILES string of the molecule is FC1(F)CC2(CCNC2)O1. The topological polar surface area (TPSA) is 21.3 Å². The van der Waals surface area contributed by atoms with E-state index < -0.39 is 11.7 Å². The van der Waals surface area contributed by atoms with Crippen molar-refractivity contribution in [2.24, 2.45) is 0 Å². The van der Waals surface area contributed by atoms with Gasteiger partial charge in [-0.1, -0.05) is 0 Å². The predicted octanol–water partition coefficient (Wildman–Crippen LogP) is 0.732. The third-order valence-corrected chi connectivity index (χ3v) is 2.10. The van der Waals surface area contributed by atoms with E-state index in [9.17, 15) is 8.78 Å². The summed E-state index contributed by atoms with van der Waals surface area (Å²) in [5, 5.41) is 2.99. The Labute approximate surface area is 57.5 Å². The summed E-state index contributed by atoms with van der Waals surface area (Å²) in [5.41, 5.74) is -0.510. The van der Waals surface area contributed by atoms with Crippen LogP contribution in [0.1, 0.15) is 12.8 Å². The van der Waals surface area contributed by atoms with E-state index in [2.05, 4.69) is 10.1 Å². The number of ether oxygens (including phenoxy) is 1. The molecule has 4 heteroatoms. The summed E-state index contributed by atoms with van der Waals surface area (Å²) >= 11 is 0. The maximum atomic E-state index is 12.2. The highest BCUT2D eigenvalue weighted by Crippen LogP contribution is 2.46. The van der Waals surface area contributed by atoms with Gasteiger partial charge in [0.15, 0.2) is 0 Å². The summed E-state index contributed by atoms with van der Waals surface area (Å²) in [6, 6.07) is 0. The quantitative estimate of drug-likeness (QED) is 0.548. The fourth-order valence-corrected chi connectivity index (χ4v) is 1.64. The number of hydrogen-bond acceptors (Lipinski definition) is 2. The van der Waals surface area contributed by atoms with Crippen molar-refractivity contribution in [3.63, 3.8) is 0 Å². The molecule has 2 fully saturated rings. The molecular formula is C6H9F2NO. The van der Waals surface area contributed by atoms with E-state index in [1.165, 1.54) is 0 Å². The molecule has 10 heavy (non-hydrogen) atoms. The van der Waals surface area contributed by atoms with Gasteiger partial charge in [0.1, 0.15) is 0 Å². The maximum absolute atomic E-state index is 12.2. The van der Waals surface area contributed by atoms with Crippen LogP contribution in [-0.4, -0.2) is 24.8 Å². The predicted molar refractivity (Wildman–Crippen MR) is 30.9 cm³/mol. The van der Waals surface area contributed by atoms with Gasteiger partial charge in [0, 0.05) is 6.54 Å². The number of nitrogens with one attached hydrogen (secondary N) is 1. The Kier molecular flexibility index (Phi) is 1.09. The molecule has 1 unspecified atom stereocenters. The van der Waals surface area contributed by atoms with Crippen molar-refractivity contribution in [2.75, 3.05) is 13.1 Å². The first kappa shape index (κ1) is 6.49. The van der Waals surface area contributed by atoms with Crippen molar-refractivity contribution in [2.45, 2.75) is 24.6 Å². The lowest BCUT2D eigenvalue weighted by molar-refractivity contribution is -0.389. The van der Waals surface area contributed by atoms with Crippen molar-refractivity contribution >= 4 is 0 Å². The smallest absolute Gasteiger partial charge is 0.314 e. The van der Waals surface area contributed by atoms with Crippen LogP contribution in [0, 0.1) is 0 Å². The van der Waals surface area contributed by atoms with Crippen molar-refractivity contribution in [3.05, 3.63) is 0 Å². The van der Waals surface area contributed by atoms with E-state index in [1.54, 1.807) is 0 Å². The van der Waals surface area contributed by atoms with E-state index in [1.807, 2.05) is 0 Å². The number of hydrogen-bond donors (Lipinski definition) is 1. The summed E-state index contributed by atoms with van der Waals surface area (Å²) < 4.78 is 28.8. The van der Waals surface area contributed by atoms with Gasteiger partial charge in [-0.25, -0.2) is 0 Å². The van der Waals surface area contributed by atoms with Crippen LogP contribution in [-0.2, 0) is 4.74 Å². The molecule has 1 N–H and O–H groups in total. The molecule has 0 aromatic heterocycles. The third kappa shape index (κ3) is 0.828. The second-order valence-electron chi connectivity index (χ2n) is 3.03. The molecule has 0 radical (unpaired) electrons. The minimum absolute atomic E-state index is 0.104. The van der Waals surface area contributed by atoms with Gasteiger partial charge in [-0.2, -0.15) is 8.78 Å². The van der Waals surface area contributed by atoms with E-state index in [-0.39, 0.29) is 6.42 Å². The van der Waals surface area contributed by atoms with Crippen molar-refractivity contribution in [1.82, 2.24) is 5.32 Å². The van der Waals surface area contributed by atoms with Crippen LogP contribution in [0.3, 0.4) is 0 Å². The van der Waals surface area contributed by atoms with Crippen LogP contribution in [0.15, 0.2) is 0 Å². The molecule has 0 aromatic rings. The average Bonchev–Trinajstić information content (AvgIpc) is 2.10. The Balaban J connectivity index is 1.98. The van der Waals surface area contributed by atoms with Crippen molar-refractivity contribution in [1.29, 1.82) is 0 Å². The molecule has 0 aromatic carbocycles. The largest absolute Gasteiger partial charge is 0.359 e. The molecular weight excluding hydrogens is 140 g/mol. The Morgan fingerprint density at radius 3 is 2.50 bits per heavy atom. The molecule has 2 rings (SSSR count). The van der Waals surface area contributed by atoms with Gasteiger partial charge < -0.3 is 10.1 Å². The lowest BCUT2D eigenvalue weighted by Gasteiger charge is -2.43. The first-order valence-electron chi connectivity index (χ1n) is 3.41. The molecule has 1 atom stereocenters. The van der Waals surface area contributed by atoms with Crippen molar-refractivity contribution in [3.8, 4) is 0 Å². The Morgan fingerprint density at radius 1 is 1.40 bits per heavy atom. The van der Waals surface area contributed by atoms with Crippen LogP contribution in [0.4, 0.5) is 8.78 Å². The lowest BCUT2D eigenvalue weighted by Crippen LogP contribution is -2.56. The van der Waals surface area contributed by atoms with E-state index >= 15 is 0 Å². The normalized spacial score (nSPS) is 43.8. The molecule has 0 bridgehead atoms. The molecule has 2 aliphatic rings. The Hall–Kier alpha value is -0.220. The monoisotopic (exact) mass is 149 g/mol. The summed E-state index contributed by atoms with van der Waals surface area (Å²) in [7, 11) is 0. The molecule has 2 aliphatic heterocycles. The van der Waals surface area contributed by atoms with Gasteiger partial charge in [0.05, 0.1) is 12.0 Å². The van der Waals surface area contributed by atoms with Crippen LogP contribution in [0.2, 0.25) is 0 Å². The molecule has 0 aliphatic carbocycles. The minimum atomic E-state index is -2.84. The van der Waals surface area contributed by atoms with Crippen LogP contribution >= 0.6 is 0 Å². The Bertz CT molecular complexity index is 144. The van der Waals surface area contributed by atoms with Gasteiger partial charge in [0.2, 0.25) is 0 Å². The molecule has 1 spiro atoms. The molecule has 2 heterocycles. The lowest BCUT2D eigenvalue weighted by atomic mass is 9.92. The number of rotatable bonds is 0. The maximum Gasteiger partial charge on any atom is 0.359 e. The zero-order valence-corrected chi connectivity index (χ0v) is 5.49. The minimum Gasteiger partial charge on any atom is -0.314 e. The van der Waals surface area contributed by atoms with Gasteiger partial charge in [-0.15, -0.1) is 0 Å². The van der Waals surface area contributed by atoms with Crippen LogP contribution in [0.25, 0.3) is 0 Å². The summed E-state index contributed by atoms with van der Waals surface area (Å²) in [6.07, 6.45) is -2.22. The van der Waals surface area contributed by atoms with Gasteiger partial charge in [-0.3, -0.25) is 0 Å². The third-order valence-electron chi connectivity index (χ3n) is 2.10. The molecule has 2 nitrogen and oxygen atoms in total. The fourth-order valence-electron chi connectivity index (χ4n) is 1.64. The molecule has 0 amide bonds. The van der Waals surface area contributed by atoms with Crippen molar-refractivity contribution < 1.29 is 13.5 Å². The second kappa shape index (κ2) is 1.68. The first-order chi connectivity index (χ1) is 4.62. The number of alkyl halides is 2. The standard InChI is InChI=1S/C6H9F2NO/c7-6(8)3-5(10-6)1-2-9-4-5/h9H,1-4H2. The van der Waals surface area contributed by atoms with Crippen LogP contribution in [0.5, 0.6) is 0 Å². The average molecular weight is 149 g/mol.